The first-order valence-electron chi connectivity index (χ1n) is 14.5. The maximum absolute atomic E-state index is 5.95. The van der Waals surface area contributed by atoms with Crippen molar-refractivity contribution in [2.45, 2.75) is 156 Å². The Morgan fingerprint density at radius 3 is 0.935 bits per heavy atom. The SMILES string of the molecule is C#CC[P+](CCCCCCCC)(CCCCCCCCC)CCCCCCCCCC. The van der Waals surface area contributed by atoms with Crippen LogP contribution in [0.25, 0.3) is 0 Å². The summed E-state index contributed by atoms with van der Waals surface area (Å²) in [5, 5.41) is 0. The van der Waals surface area contributed by atoms with Crippen LogP contribution < -0.4 is 0 Å². The molecule has 31 heavy (non-hydrogen) atoms. The Hall–Kier alpha value is -0.0100. The minimum Gasteiger partial charge on any atom is -0.116 e. The second-order valence-corrected chi connectivity index (χ2v) is 14.6. The molecule has 0 amide bonds. The van der Waals surface area contributed by atoms with Crippen molar-refractivity contribution in [1.29, 1.82) is 0 Å². The normalized spacial score (nSPS) is 13.2. The molecule has 0 aromatic heterocycles. The minimum absolute atomic E-state index is 0.915. The number of rotatable bonds is 25. The molecule has 0 N–H and O–H groups in total. The highest BCUT2D eigenvalue weighted by Gasteiger charge is 2.34. The third kappa shape index (κ3) is 20.3. The summed E-state index contributed by atoms with van der Waals surface area (Å²) in [6, 6.07) is 0. The third-order valence-corrected chi connectivity index (χ3v) is 11.8. The number of terminal acetylenes is 1. The van der Waals surface area contributed by atoms with Crippen LogP contribution in [0.1, 0.15) is 156 Å². The molecule has 0 aromatic carbocycles. The first kappa shape index (κ1) is 31.0. The van der Waals surface area contributed by atoms with Gasteiger partial charge in [0.2, 0.25) is 0 Å². The molecule has 0 aliphatic rings. The fourth-order valence-corrected chi connectivity index (χ4v) is 9.19. The predicted molar refractivity (Wildman–Crippen MR) is 149 cm³/mol. The molecule has 0 saturated carbocycles. The van der Waals surface area contributed by atoms with Crippen molar-refractivity contribution < 1.29 is 0 Å². The van der Waals surface area contributed by atoms with Crippen molar-refractivity contribution in [2.75, 3.05) is 24.6 Å². The average Bonchev–Trinajstić information content (AvgIpc) is 2.77. The maximum Gasteiger partial charge on any atom is 0.119 e. The van der Waals surface area contributed by atoms with Crippen LogP contribution >= 0.6 is 7.26 Å². The molecule has 0 aromatic rings. The highest BCUT2D eigenvalue weighted by Crippen LogP contribution is 2.60. The lowest BCUT2D eigenvalue weighted by Crippen LogP contribution is -2.12. The predicted octanol–water partition coefficient (Wildman–Crippen LogP) is 10.9. The Morgan fingerprint density at radius 1 is 0.419 bits per heavy atom. The molecule has 1 unspecified atom stereocenters. The molecule has 0 saturated heterocycles. The molecule has 1 heteroatoms. The highest BCUT2D eigenvalue weighted by atomic mass is 31.2. The van der Waals surface area contributed by atoms with Crippen LogP contribution in [0.4, 0.5) is 0 Å². The summed E-state index contributed by atoms with van der Waals surface area (Å²) in [6.07, 6.45) is 41.6. The van der Waals surface area contributed by atoms with E-state index in [1.54, 1.807) is 0 Å². The molecule has 0 aliphatic heterocycles. The van der Waals surface area contributed by atoms with Gasteiger partial charge in [-0.1, -0.05) is 123 Å². The largest absolute Gasteiger partial charge is 0.119 e. The molecule has 0 fully saturated rings. The molecule has 0 radical (unpaired) electrons. The molecular weight excluding hydrogens is 391 g/mol. The second kappa shape index (κ2) is 24.6. The summed E-state index contributed by atoms with van der Waals surface area (Å²) in [4.78, 5) is 0. The molecule has 0 heterocycles. The van der Waals surface area contributed by atoms with Crippen LogP contribution in [0.3, 0.4) is 0 Å². The second-order valence-electron chi connectivity index (χ2n) is 10.2. The lowest BCUT2D eigenvalue weighted by Gasteiger charge is -2.26. The van der Waals surface area contributed by atoms with Crippen molar-refractivity contribution in [1.82, 2.24) is 0 Å². The van der Waals surface area contributed by atoms with Crippen LogP contribution in [-0.2, 0) is 0 Å². The number of unbranched alkanes of at least 4 members (excludes halogenated alkanes) is 18. The maximum atomic E-state index is 5.95. The molecule has 184 valence electrons. The topological polar surface area (TPSA) is 0 Å². The zero-order valence-corrected chi connectivity index (χ0v) is 23.1. The van der Waals surface area contributed by atoms with Gasteiger partial charge in [-0.2, -0.15) is 0 Å². The van der Waals surface area contributed by atoms with Gasteiger partial charge in [0.15, 0.2) is 0 Å². The zero-order valence-electron chi connectivity index (χ0n) is 22.2. The van der Waals surface area contributed by atoms with E-state index in [9.17, 15) is 0 Å². The van der Waals surface area contributed by atoms with E-state index in [4.69, 9.17) is 6.42 Å². The van der Waals surface area contributed by atoms with Crippen LogP contribution in [0.2, 0.25) is 0 Å². The number of hydrogen-bond donors (Lipinski definition) is 0. The third-order valence-electron chi connectivity index (χ3n) is 7.13. The van der Waals surface area contributed by atoms with Crippen LogP contribution in [0.5, 0.6) is 0 Å². The van der Waals surface area contributed by atoms with Gasteiger partial charge < -0.3 is 0 Å². The first-order chi connectivity index (χ1) is 15.2. The van der Waals surface area contributed by atoms with Gasteiger partial charge in [-0.15, -0.1) is 6.42 Å². The summed E-state index contributed by atoms with van der Waals surface area (Å²) in [6.45, 7) is 6.94. The smallest absolute Gasteiger partial charge is 0.116 e. The quantitative estimate of drug-likeness (QED) is 0.0735. The van der Waals surface area contributed by atoms with Gasteiger partial charge in [0.1, 0.15) is 6.16 Å². The molecular formula is C30H60P+. The van der Waals surface area contributed by atoms with E-state index in [2.05, 4.69) is 26.7 Å². The van der Waals surface area contributed by atoms with E-state index in [0.717, 1.165) is 6.16 Å². The van der Waals surface area contributed by atoms with E-state index in [-0.39, 0.29) is 0 Å². The molecule has 1 atom stereocenters. The van der Waals surface area contributed by atoms with Crippen LogP contribution in [0, 0.1) is 12.3 Å². The van der Waals surface area contributed by atoms with Crippen LogP contribution in [0.15, 0.2) is 0 Å². The summed E-state index contributed by atoms with van der Waals surface area (Å²) in [5.41, 5.74) is 0. The number of hydrogen-bond acceptors (Lipinski definition) is 0. The summed E-state index contributed by atoms with van der Waals surface area (Å²) in [5.74, 6) is 3.16. The minimum atomic E-state index is -0.915. The Labute approximate surface area is 199 Å². The average molecular weight is 452 g/mol. The van der Waals surface area contributed by atoms with E-state index in [1.165, 1.54) is 153 Å². The molecule has 0 nitrogen and oxygen atoms in total. The van der Waals surface area contributed by atoms with Crippen molar-refractivity contribution >= 4 is 7.26 Å². The van der Waals surface area contributed by atoms with Gasteiger partial charge in [0.05, 0.1) is 18.5 Å². The van der Waals surface area contributed by atoms with Crippen molar-refractivity contribution in [3.63, 3.8) is 0 Å². The van der Waals surface area contributed by atoms with E-state index in [1.807, 2.05) is 0 Å². The zero-order chi connectivity index (χ0) is 22.9. The van der Waals surface area contributed by atoms with E-state index in [0.29, 0.717) is 0 Å². The fraction of sp³-hybridized carbons (Fsp3) is 0.933. The van der Waals surface area contributed by atoms with Crippen LogP contribution in [-0.4, -0.2) is 24.6 Å². The van der Waals surface area contributed by atoms with Gasteiger partial charge in [-0.25, -0.2) is 0 Å². The summed E-state index contributed by atoms with van der Waals surface area (Å²) < 4.78 is 0. The monoisotopic (exact) mass is 451 g/mol. The standard InChI is InChI=1S/C30H60P/c1-5-9-12-15-18-20-23-26-30-31(27-8-4,28-24-21-17-14-11-7-3)29-25-22-19-16-13-10-6-2/h4H,5-7,9-30H2,1-3H3/q+1. The lowest BCUT2D eigenvalue weighted by atomic mass is 10.1. The first-order valence-corrected chi connectivity index (χ1v) is 17.1. The van der Waals surface area contributed by atoms with Crippen molar-refractivity contribution in [2.24, 2.45) is 0 Å². The summed E-state index contributed by atoms with van der Waals surface area (Å²) in [7, 11) is -0.915. The van der Waals surface area contributed by atoms with E-state index >= 15 is 0 Å². The molecule has 0 aliphatic carbocycles. The molecule has 0 rings (SSSR count). The Morgan fingerprint density at radius 2 is 0.677 bits per heavy atom. The Balaban J connectivity index is 4.39. The van der Waals surface area contributed by atoms with Crippen molar-refractivity contribution in [3.8, 4) is 12.3 Å². The Kier molecular flexibility index (Phi) is 24.6. The Bertz CT molecular complexity index is 382. The fourth-order valence-electron chi connectivity index (χ4n) is 4.98. The summed E-state index contributed by atoms with van der Waals surface area (Å²) >= 11 is 0. The molecule has 0 bridgehead atoms. The van der Waals surface area contributed by atoms with E-state index < -0.39 is 7.26 Å². The van der Waals surface area contributed by atoms with Gasteiger partial charge >= 0.3 is 0 Å². The van der Waals surface area contributed by atoms with Gasteiger partial charge in [0.25, 0.3) is 0 Å². The van der Waals surface area contributed by atoms with Gasteiger partial charge in [0, 0.05) is 7.26 Å². The lowest BCUT2D eigenvalue weighted by molar-refractivity contribution is 0.584. The van der Waals surface area contributed by atoms with Crippen molar-refractivity contribution in [3.05, 3.63) is 0 Å². The highest BCUT2D eigenvalue weighted by molar-refractivity contribution is 7.76. The molecule has 0 spiro atoms. The van der Waals surface area contributed by atoms with Gasteiger partial charge in [-0.05, 0) is 38.5 Å². The van der Waals surface area contributed by atoms with Gasteiger partial charge in [-0.3, -0.25) is 0 Å².